The molecule has 4 rings (SSSR count). The van der Waals surface area contributed by atoms with Gasteiger partial charge in [-0.3, -0.25) is 30.6 Å². The van der Waals surface area contributed by atoms with Gasteiger partial charge < -0.3 is 14.4 Å². The minimum Gasteiger partial charge on any atom is -0.454 e. The molecule has 0 aliphatic carbocycles. The molecular weight excluding hydrogens is 392 g/mol. The molecule has 10 nitrogen and oxygen atoms in total. The SMILES string of the molecule is O=C(NNC(=O)C1CCN(c2ccccc2[N+](=O)[O-])CC1)c1ccc2c(c1)OCO2. The number of nitro benzene ring substituents is 1. The molecule has 1 fully saturated rings. The van der Waals surface area contributed by atoms with Crippen LogP contribution >= 0.6 is 0 Å². The Morgan fingerprint density at radius 2 is 1.77 bits per heavy atom. The molecule has 2 aliphatic rings. The molecule has 0 bridgehead atoms. The molecule has 0 aromatic heterocycles. The van der Waals surface area contributed by atoms with E-state index in [4.69, 9.17) is 9.47 Å². The van der Waals surface area contributed by atoms with Crippen LogP contribution in [0.15, 0.2) is 42.5 Å². The van der Waals surface area contributed by atoms with E-state index in [1.807, 2.05) is 4.90 Å². The maximum Gasteiger partial charge on any atom is 0.292 e. The molecule has 0 radical (unpaired) electrons. The van der Waals surface area contributed by atoms with Crippen LogP contribution in [0.2, 0.25) is 0 Å². The Morgan fingerprint density at radius 1 is 1.03 bits per heavy atom. The third-order valence-electron chi connectivity index (χ3n) is 5.22. The second kappa shape index (κ2) is 8.27. The molecule has 30 heavy (non-hydrogen) atoms. The molecule has 1 saturated heterocycles. The number of nitrogens with zero attached hydrogens (tertiary/aromatic N) is 2. The first kappa shape index (κ1) is 19.5. The molecule has 10 heteroatoms. The number of nitro groups is 1. The first-order chi connectivity index (χ1) is 14.5. The van der Waals surface area contributed by atoms with Gasteiger partial charge in [0.1, 0.15) is 5.69 Å². The normalized spacial score (nSPS) is 15.5. The maximum atomic E-state index is 12.4. The van der Waals surface area contributed by atoms with Crippen molar-refractivity contribution in [3.8, 4) is 11.5 Å². The van der Waals surface area contributed by atoms with E-state index in [1.54, 1.807) is 36.4 Å². The average molecular weight is 412 g/mol. The van der Waals surface area contributed by atoms with Gasteiger partial charge in [0.05, 0.1) is 4.92 Å². The summed E-state index contributed by atoms with van der Waals surface area (Å²) in [5, 5.41) is 11.2. The lowest BCUT2D eigenvalue weighted by Crippen LogP contribution is -2.47. The molecule has 2 aliphatic heterocycles. The summed E-state index contributed by atoms with van der Waals surface area (Å²) in [4.78, 5) is 37.5. The van der Waals surface area contributed by atoms with Crippen molar-refractivity contribution >= 4 is 23.2 Å². The summed E-state index contributed by atoms with van der Waals surface area (Å²) in [5.41, 5.74) is 5.83. The minimum atomic E-state index is -0.459. The maximum absolute atomic E-state index is 12.4. The highest BCUT2D eigenvalue weighted by atomic mass is 16.7. The number of hydrogen-bond acceptors (Lipinski definition) is 7. The van der Waals surface area contributed by atoms with Crippen LogP contribution in [-0.2, 0) is 4.79 Å². The fraction of sp³-hybridized carbons (Fsp3) is 0.300. The largest absolute Gasteiger partial charge is 0.454 e. The Balaban J connectivity index is 1.30. The van der Waals surface area contributed by atoms with Gasteiger partial charge in [0.15, 0.2) is 11.5 Å². The fourth-order valence-corrected chi connectivity index (χ4v) is 3.60. The van der Waals surface area contributed by atoms with E-state index < -0.39 is 10.8 Å². The number of piperidine rings is 1. The van der Waals surface area contributed by atoms with Gasteiger partial charge >= 0.3 is 0 Å². The van der Waals surface area contributed by atoms with E-state index >= 15 is 0 Å². The first-order valence-electron chi connectivity index (χ1n) is 9.51. The van der Waals surface area contributed by atoms with E-state index in [9.17, 15) is 19.7 Å². The standard InChI is InChI=1S/C20H20N4O6/c25-19(21-22-20(26)14-5-6-17-18(11-14)30-12-29-17)13-7-9-23(10-8-13)15-3-1-2-4-16(15)24(27)28/h1-6,11,13H,7-10,12H2,(H,21,25)(H,22,26). The molecule has 2 amide bonds. The lowest BCUT2D eigenvalue weighted by Gasteiger charge is -2.32. The second-order valence-corrected chi connectivity index (χ2v) is 7.02. The van der Waals surface area contributed by atoms with Crippen LogP contribution in [-0.4, -0.2) is 36.6 Å². The van der Waals surface area contributed by atoms with Crippen molar-refractivity contribution in [2.24, 2.45) is 5.92 Å². The molecule has 156 valence electrons. The number of benzene rings is 2. The van der Waals surface area contributed by atoms with Gasteiger partial charge in [-0.2, -0.15) is 0 Å². The lowest BCUT2D eigenvalue weighted by molar-refractivity contribution is -0.384. The molecule has 2 aromatic carbocycles. The third-order valence-corrected chi connectivity index (χ3v) is 5.22. The summed E-state index contributed by atoms with van der Waals surface area (Å²) in [6, 6.07) is 11.3. The molecule has 2 N–H and O–H groups in total. The molecule has 2 aromatic rings. The number of carbonyl (C=O) groups excluding carboxylic acids is 2. The predicted molar refractivity (Wildman–Crippen MR) is 106 cm³/mol. The Morgan fingerprint density at radius 3 is 2.53 bits per heavy atom. The summed E-state index contributed by atoms with van der Waals surface area (Å²) in [6.07, 6.45) is 1.05. The van der Waals surface area contributed by atoms with Crippen LogP contribution in [0.5, 0.6) is 11.5 Å². The van der Waals surface area contributed by atoms with Crippen molar-refractivity contribution in [1.82, 2.24) is 10.9 Å². The second-order valence-electron chi connectivity index (χ2n) is 7.02. The van der Waals surface area contributed by atoms with Crippen LogP contribution in [0.1, 0.15) is 23.2 Å². The number of hydrogen-bond donors (Lipinski definition) is 2. The van der Waals surface area contributed by atoms with Gasteiger partial charge in [-0.15, -0.1) is 0 Å². The minimum absolute atomic E-state index is 0.0522. The van der Waals surface area contributed by atoms with Gasteiger partial charge in [0.25, 0.3) is 11.6 Å². The van der Waals surface area contributed by atoms with Gasteiger partial charge in [0, 0.05) is 30.6 Å². The lowest BCUT2D eigenvalue weighted by atomic mass is 9.95. The molecule has 0 unspecified atom stereocenters. The Hall–Kier alpha value is -3.82. The van der Waals surface area contributed by atoms with Crippen molar-refractivity contribution in [2.45, 2.75) is 12.8 Å². The molecule has 0 saturated carbocycles. The highest BCUT2D eigenvalue weighted by Crippen LogP contribution is 2.33. The molecular formula is C20H20N4O6. The number of anilines is 1. The number of ether oxygens (including phenoxy) is 2. The fourth-order valence-electron chi connectivity index (χ4n) is 3.60. The van der Waals surface area contributed by atoms with Crippen LogP contribution < -0.4 is 25.2 Å². The summed E-state index contributed by atoms with van der Waals surface area (Å²) in [6.45, 7) is 1.14. The molecule has 0 atom stereocenters. The number of hydrazine groups is 1. The van der Waals surface area contributed by atoms with Crippen molar-refractivity contribution in [3.05, 3.63) is 58.1 Å². The van der Waals surface area contributed by atoms with Crippen LogP contribution in [0.4, 0.5) is 11.4 Å². The summed E-state index contributed by atoms with van der Waals surface area (Å²) >= 11 is 0. The smallest absolute Gasteiger partial charge is 0.292 e. The number of nitrogens with one attached hydrogen (secondary N) is 2. The van der Waals surface area contributed by atoms with E-state index in [0.717, 1.165) is 0 Å². The highest BCUT2D eigenvalue weighted by Gasteiger charge is 2.28. The molecule has 2 heterocycles. The van der Waals surface area contributed by atoms with Crippen LogP contribution in [0, 0.1) is 16.0 Å². The van der Waals surface area contributed by atoms with Gasteiger partial charge in [-0.25, -0.2) is 0 Å². The van der Waals surface area contributed by atoms with Crippen LogP contribution in [0.25, 0.3) is 0 Å². The van der Waals surface area contributed by atoms with Crippen molar-refractivity contribution in [1.29, 1.82) is 0 Å². The van der Waals surface area contributed by atoms with Crippen molar-refractivity contribution in [2.75, 3.05) is 24.8 Å². The summed E-state index contributed by atoms with van der Waals surface area (Å²) < 4.78 is 10.5. The zero-order valence-electron chi connectivity index (χ0n) is 16.0. The van der Waals surface area contributed by atoms with Gasteiger partial charge in [-0.1, -0.05) is 12.1 Å². The Kier molecular flexibility index (Phi) is 5.38. The van der Waals surface area contributed by atoms with E-state index in [-0.39, 0.29) is 24.3 Å². The summed E-state index contributed by atoms with van der Waals surface area (Å²) in [7, 11) is 0. The zero-order valence-corrected chi connectivity index (χ0v) is 16.0. The number of amides is 2. The third kappa shape index (κ3) is 3.97. The van der Waals surface area contributed by atoms with E-state index in [1.165, 1.54) is 6.07 Å². The van der Waals surface area contributed by atoms with E-state index in [2.05, 4.69) is 10.9 Å². The highest BCUT2D eigenvalue weighted by molar-refractivity contribution is 5.96. The van der Waals surface area contributed by atoms with Gasteiger partial charge in [0.2, 0.25) is 12.7 Å². The number of rotatable bonds is 4. The average Bonchev–Trinajstić information content (AvgIpc) is 3.25. The van der Waals surface area contributed by atoms with Crippen molar-refractivity contribution in [3.63, 3.8) is 0 Å². The first-order valence-corrected chi connectivity index (χ1v) is 9.51. The molecule has 0 spiro atoms. The number of para-hydroxylation sites is 2. The topological polar surface area (TPSA) is 123 Å². The van der Waals surface area contributed by atoms with Gasteiger partial charge in [-0.05, 0) is 37.1 Å². The van der Waals surface area contributed by atoms with Crippen LogP contribution in [0.3, 0.4) is 0 Å². The quantitative estimate of drug-likeness (QED) is 0.582. The Bertz CT molecular complexity index is 987. The monoisotopic (exact) mass is 412 g/mol. The number of carbonyl (C=O) groups is 2. The number of fused-ring (bicyclic) bond motifs is 1. The Labute approximate surface area is 171 Å². The summed E-state index contributed by atoms with van der Waals surface area (Å²) in [5.74, 6) is 0.0173. The van der Waals surface area contributed by atoms with E-state index in [0.29, 0.717) is 48.7 Å². The predicted octanol–water partition coefficient (Wildman–Crippen LogP) is 2.00. The zero-order chi connectivity index (χ0) is 21.1. The van der Waals surface area contributed by atoms with Crippen molar-refractivity contribution < 1.29 is 24.0 Å².